The third-order valence-corrected chi connectivity index (χ3v) is 2.46. The zero-order valence-electron chi connectivity index (χ0n) is 10.0. The third kappa shape index (κ3) is 3.75. The standard InChI is InChI=1S/C12H15ClN2O2/c1-8(2)11(15-17-12(16)14-3)9-6-4-5-7-10(9)13/h4-8H,1-3H3,(H,14,16)/b15-11+. The summed E-state index contributed by atoms with van der Waals surface area (Å²) < 4.78 is 0. The van der Waals surface area contributed by atoms with E-state index in [4.69, 9.17) is 16.4 Å². The summed E-state index contributed by atoms with van der Waals surface area (Å²) in [5.74, 6) is 0.0968. The highest BCUT2D eigenvalue weighted by Gasteiger charge is 2.13. The van der Waals surface area contributed by atoms with Crippen molar-refractivity contribution < 1.29 is 9.63 Å². The number of rotatable bonds is 3. The highest BCUT2D eigenvalue weighted by atomic mass is 35.5. The number of benzene rings is 1. The van der Waals surface area contributed by atoms with Crippen LogP contribution in [0.15, 0.2) is 29.4 Å². The first-order valence-electron chi connectivity index (χ1n) is 5.27. The van der Waals surface area contributed by atoms with Gasteiger partial charge in [-0.2, -0.15) is 0 Å². The second kappa shape index (κ2) is 6.25. The van der Waals surface area contributed by atoms with Gasteiger partial charge in [0.2, 0.25) is 0 Å². The average Bonchev–Trinajstić information content (AvgIpc) is 2.30. The molecule has 0 fully saturated rings. The minimum absolute atomic E-state index is 0.0968. The zero-order chi connectivity index (χ0) is 12.8. The zero-order valence-corrected chi connectivity index (χ0v) is 10.8. The fraction of sp³-hybridized carbons (Fsp3) is 0.333. The number of halogens is 1. The van der Waals surface area contributed by atoms with Crippen LogP contribution < -0.4 is 5.32 Å². The molecule has 0 heterocycles. The highest BCUT2D eigenvalue weighted by Crippen LogP contribution is 2.19. The van der Waals surface area contributed by atoms with E-state index in [1.807, 2.05) is 32.0 Å². The van der Waals surface area contributed by atoms with Gasteiger partial charge in [0.05, 0.1) is 5.71 Å². The maximum absolute atomic E-state index is 11.0. The molecule has 0 atom stereocenters. The Labute approximate surface area is 106 Å². The molecular formula is C12H15ClN2O2. The molecule has 1 amide bonds. The van der Waals surface area contributed by atoms with E-state index in [0.29, 0.717) is 10.7 Å². The summed E-state index contributed by atoms with van der Waals surface area (Å²) in [6, 6.07) is 7.31. The second-order valence-electron chi connectivity index (χ2n) is 3.74. The summed E-state index contributed by atoms with van der Waals surface area (Å²) in [6.07, 6.45) is -0.602. The van der Waals surface area contributed by atoms with Gasteiger partial charge >= 0.3 is 6.09 Å². The number of nitrogens with one attached hydrogen (secondary N) is 1. The molecule has 1 rings (SSSR count). The van der Waals surface area contributed by atoms with Crippen LogP contribution in [0.25, 0.3) is 0 Å². The number of hydrogen-bond donors (Lipinski definition) is 1. The number of amides is 1. The molecule has 92 valence electrons. The highest BCUT2D eigenvalue weighted by molar-refractivity contribution is 6.34. The predicted molar refractivity (Wildman–Crippen MR) is 68.4 cm³/mol. The Hall–Kier alpha value is -1.55. The van der Waals surface area contributed by atoms with E-state index >= 15 is 0 Å². The molecule has 5 heteroatoms. The van der Waals surface area contributed by atoms with Gasteiger partial charge in [-0.05, 0) is 12.0 Å². The van der Waals surface area contributed by atoms with Crippen LogP contribution in [0.3, 0.4) is 0 Å². The number of oxime groups is 1. The molecule has 0 aliphatic rings. The van der Waals surface area contributed by atoms with Crippen LogP contribution in [0.1, 0.15) is 19.4 Å². The lowest BCUT2D eigenvalue weighted by Crippen LogP contribution is -2.19. The minimum atomic E-state index is -0.602. The largest absolute Gasteiger partial charge is 0.433 e. The van der Waals surface area contributed by atoms with Gasteiger partial charge in [-0.1, -0.05) is 48.8 Å². The molecule has 0 saturated carbocycles. The van der Waals surface area contributed by atoms with Crippen molar-refractivity contribution in [1.29, 1.82) is 0 Å². The van der Waals surface area contributed by atoms with Crippen molar-refractivity contribution in [3.05, 3.63) is 34.9 Å². The predicted octanol–water partition coefficient (Wildman–Crippen LogP) is 3.06. The molecule has 0 saturated heterocycles. The first-order chi connectivity index (χ1) is 8.06. The Balaban J connectivity index is 3.02. The summed E-state index contributed by atoms with van der Waals surface area (Å²) >= 11 is 6.08. The lowest BCUT2D eigenvalue weighted by molar-refractivity contribution is 0.152. The van der Waals surface area contributed by atoms with Crippen molar-refractivity contribution >= 4 is 23.4 Å². The molecule has 1 aromatic carbocycles. The van der Waals surface area contributed by atoms with Gasteiger partial charge in [0.1, 0.15) is 0 Å². The van der Waals surface area contributed by atoms with Gasteiger partial charge in [0, 0.05) is 17.6 Å². The quantitative estimate of drug-likeness (QED) is 0.512. The van der Waals surface area contributed by atoms with E-state index in [-0.39, 0.29) is 5.92 Å². The fourth-order valence-corrected chi connectivity index (χ4v) is 1.50. The smallest absolute Gasteiger partial charge is 0.323 e. The second-order valence-corrected chi connectivity index (χ2v) is 4.15. The molecule has 0 aromatic heterocycles. The van der Waals surface area contributed by atoms with E-state index < -0.39 is 6.09 Å². The van der Waals surface area contributed by atoms with Crippen LogP contribution in [-0.2, 0) is 4.84 Å². The molecule has 0 bridgehead atoms. The van der Waals surface area contributed by atoms with Crippen LogP contribution in [0.4, 0.5) is 4.79 Å². The van der Waals surface area contributed by atoms with Gasteiger partial charge < -0.3 is 5.32 Å². The third-order valence-electron chi connectivity index (χ3n) is 2.13. The summed E-state index contributed by atoms with van der Waals surface area (Å²) in [7, 11) is 1.47. The fourth-order valence-electron chi connectivity index (χ4n) is 1.27. The normalized spacial score (nSPS) is 11.5. The van der Waals surface area contributed by atoms with Crippen LogP contribution >= 0.6 is 11.6 Å². The van der Waals surface area contributed by atoms with Crippen molar-refractivity contribution in [3.8, 4) is 0 Å². The SMILES string of the molecule is CNC(=O)O/N=C(/c1ccccc1Cl)C(C)C. The summed E-state index contributed by atoms with van der Waals surface area (Å²) in [5, 5.41) is 6.75. The Morgan fingerprint density at radius 3 is 2.59 bits per heavy atom. The van der Waals surface area contributed by atoms with Gasteiger partial charge in [-0.3, -0.25) is 4.84 Å². The maximum atomic E-state index is 11.0. The average molecular weight is 255 g/mol. The summed E-state index contributed by atoms with van der Waals surface area (Å²) in [5.41, 5.74) is 1.41. The van der Waals surface area contributed by atoms with Gasteiger partial charge in [-0.25, -0.2) is 4.79 Å². The Kier molecular flexibility index (Phi) is 4.97. The van der Waals surface area contributed by atoms with Gasteiger partial charge in [0.15, 0.2) is 0 Å². The number of carbonyl (C=O) groups excluding carboxylic acids is 1. The van der Waals surface area contributed by atoms with E-state index in [2.05, 4.69) is 10.5 Å². The lowest BCUT2D eigenvalue weighted by Gasteiger charge is -2.10. The first-order valence-corrected chi connectivity index (χ1v) is 5.65. The minimum Gasteiger partial charge on any atom is -0.323 e. The number of hydrogen-bond acceptors (Lipinski definition) is 3. The molecule has 4 nitrogen and oxygen atoms in total. The molecule has 0 aliphatic heterocycles. The van der Waals surface area contributed by atoms with Crippen molar-refractivity contribution in [3.63, 3.8) is 0 Å². The van der Waals surface area contributed by atoms with Crippen molar-refractivity contribution in [2.24, 2.45) is 11.1 Å². The molecule has 0 unspecified atom stereocenters. The van der Waals surface area contributed by atoms with Crippen LogP contribution in [-0.4, -0.2) is 18.9 Å². The maximum Gasteiger partial charge on any atom is 0.433 e. The Morgan fingerprint density at radius 2 is 2.06 bits per heavy atom. The van der Waals surface area contributed by atoms with Crippen LogP contribution in [0.2, 0.25) is 5.02 Å². The molecular weight excluding hydrogens is 240 g/mol. The van der Waals surface area contributed by atoms with Crippen LogP contribution in [0.5, 0.6) is 0 Å². The van der Waals surface area contributed by atoms with Gasteiger partial charge in [-0.15, -0.1) is 0 Å². The molecule has 17 heavy (non-hydrogen) atoms. The number of nitrogens with zero attached hydrogens (tertiary/aromatic N) is 1. The molecule has 1 aromatic rings. The van der Waals surface area contributed by atoms with E-state index in [1.165, 1.54) is 7.05 Å². The lowest BCUT2D eigenvalue weighted by atomic mass is 10.0. The first kappa shape index (κ1) is 13.5. The molecule has 0 spiro atoms. The monoisotopic (exact) mass is 254 g/mol. The Morgan fingerprint density at radius 1 is 1.41 bits per heavy atom. The van der Waals surface area contributed by atoms with E-state index in [9.17, 15) is 4.79 Å². The molecule has 0 aliphatic carbocycles. The van der Waals surface area contributed by atoms with Crippen molar-refractivity contribution in [1.82, 2.24) is 5.32 Å². The number of carbonyl (C=O) groups is 1. The van der Waals surface area contributed by atoms with Crippen molar-refractivity contribution in [2.45, 2.75) is 13.8 Å². The summed E-state index contributed by atoms with van der Waals surface area (Å²) in [6.45, 7) is 3.91. The topological polar surface area (TPSA) is 50.7 Å². The summed E-state index contributed by atoms with van der Waals surface area (Å²) in [4.78, 5) is 15.7. The molecule has 0 radical (unpaired) electrons. The Bertz CT molecular complexity index is 430. The van der Waals surface area contributed by atoms with E-state index in [1.54, 1.807) is 6.07 Å². The van der Waals surface area contributed by atoms with Gasteiger partial charge in [0.25, 0.3) is 0 Å². The molecule has 1 N–H and O–H groups in total. The van der Waals surface area contributed by atoms with Crippen LogP contribution in [0, 0.1) is 5.92 Å². The van der Waals surface area contributed by atoms with E-state index in [0.717, 1.165) is 5.56 Å². The van der Waals surface area contributed by atoms with Crippen molar-refractivity contribution in [2.75, 3.05) is 7.05 Å².